The maximum absolute atomic E-state index is 12.9. The molecular weight excluding hydrogens is 459 g/mol. The van der Waals surface area contributed by atoms with E-state index in [1.54, 1.807) is 38.3 Å². The van der Waals surface area contributed by atoms with E-state index >= 15 is 0 Å². The highest BCUT2D eigenvalue weighted by atomic mass is 19.4. The highest BCUT2D eigenvalue weighted by Gasteiger charge is 2.30. The lowest BCUT2D eigenvalue weighted by molar-refractivity contribution is -0.137. The van der Waals surface area contributed by atoms with Crippen molar-refractivity contribution in [3.05, 3.63) is 71.3 Å². The molecule has 1 unspecified atom stereocenters. The zero-order valence-electron chi connectivity index (χ0n) is 19.8. The van der Waals surface area contributed by atoms with Gasteiger partial charge in [-0.3, -0.25) is 14.5 Å². The van der Waals surface area contributed by atoms with E-state index < -0.39 is 17.8 Å². The van der Waals surface area contributed by atoms with Gasteiger partial charge in [0.2, 0.25) is 11.8 Å². The molecule has 0 bridgehead atoms. The van der Waals surface area contributed by atoms with Gasteiger partial charge in [-0.15, -0.1) is 0 Å². The molecule has 2 N–H and O–H groups in total. The quantitative estimate of drug-likeness (QED) is 0.550. The summed E-state index contributed by atoms with van der Waals surface area (Å²) in [5, 5.41) is 5.61. The van der Waals surface area contributed by atoms with Crippen LogP contribution in [-0.4, -0.2) is 49.0 Å². The Hall–Kier alpha value is -3.33. The van der Waals surface area contributed by atoms with Crippen LogP contribution in [0.15, 0.2) is 54.6 Å². The van der Waals surface area contributed by atoms with Crippen LogP contribution in [-0.2, 0) is 22.3 Å². The van der Waals surface area contributed by atoms with E-state index in [2.05, 4.69) is 15.5 Å². The summed E-state index contributed by atoms with van der Waals surface area (Å²) in [7, 11) is 1.58. The number of amides is 2. The number of hydrogen-bond donors (Lipinski definition) is 2. The maximum atomic E-state index is 12.9. The normalized spacial score (nSPS) is 16.1. The number of piperidine rings is 1. The van der Waals surface area contributed by atoms with Crippen molar-refractivity contribution in [3.8, 4) is 5.75 Å². The molecule has 0 saturated carbocycles. The molecule has 9 heteroatoms. The minimum absolute atomic E-state index is 0.0468. The first-order valence-corrected chi connectivity index (χ1v) is 11.5. The first-order valence-electron chi connectivity index (χ1n) is 11.5. The minimum Gasteiger partial charge on any atom is -0.497 e. The van der Waals surface area contributed by atoms with Gasteiger partial charge in [0.25, 0.3) is 0 Å². The molecule has 1 fully saturated rings. The number of nitrogens with zero attached hydrogens (tertiary/aromatic N) is 1. The summed E-state index contributed by atoms with van der Waals surface area (Å²) in [6.45, 7) is 3.37. The zero-order valence-corrected chi connectivity index (χ0v) is 19.8. The fourth-order valence-corrected chi connectivity index (χ4v) is 3.88. The molecule has 6 nitrogen and oxygen atoms in total. The van der Waals surface area contributed by atoms with Gasteiger partial charge >= 0.3 is 6.18 Å². The van der Waals surface area contributed by atoms with Crippen LogP contribution in [0, 0.1) is 0 Å². The lowest BCUT2D eigenvalue weighted by atomic mass is 10.0. The third-order valence-electron chi connectivity index (χ3n) is 5.89. The average Bonchev–Trinajstić information content (AvgIpc) is 2.84. The highest BCUT2D eigenvalue weighted by Crippen LogP contribution is 2.30. The van der Waals surface area contributed by atoms with E-state index in [1.807, 2.05) is 12.1 Å². The predicted molar refractivity (Wildman–Crippen MR) is 128 cm³/mol. The molecule has 0 aliphatic carbocycles. The Morgan fingerprint density at radius 3 is 2.46 bits per heavy atom. The maximum Gasteiger partial charge on any atom is 0.416 e. The van der Waals surface area contributed by atoms with Gasteiger partial charge in [0.05, 0.1) is 12.7 Å². The number of benzene rings is 2. The number of carbonyl (C=O) groups excluding carboxylic acids is 2. The number of likely N-dealkylation sites (tertiary alicyclic amines) is 1. The van der Waals surface area contributed by atoms with Gasteiger partial charge in [-0.05, 0) is 55.2 Å². The summed E-state index contributed by atoms with van der Waals surface area (Å²) in [6, 6.07) is 11.8. The van der Waals surface area contributed by atoms with Gasteiger partial charge in [-0.25, -0.2) is 0 Å². The van der Waals surface area contributed by atoms with E-state index in [0.29, 0.717) is 38.0 Å². The number of carbonyl (C=O) groups is 2. The Labute approximate surface area is 203 Å². The summed E-state index contributed by atoms with van der Waals surface area (Å²) in [4.78, 5) is 26.8. The van der Waals surface area contributed by atoms with Crippen LogP contribution in [0.25, 0.3) is 6.08 Å². The molecular formula is C26H30F3N3O3. The predicted octanol–water partition coefficient (Wildman–Crippen LogP) is 4.01. The van der Waals surface area contributed by atoms with Crippen LogP contribution in [0.1, 0.15) is 36.5 Å². The van der Waals surface area contributed by atoms with Gasteiger partial charge in [0, 0.05) is 31.8 Å². The van der Waals surface area contributed by atoms with Crippen LogP contribution in [0.2, 0.25) is 0 Å². The first-order chi connectivity index (χ1) is 16.6. The Morgan fingerprint density at radius 2 is 1.83 bits per heavy atom. The molecule has 2 aromatic rings. The second-order valence-corrected chi connectivity index (χ2v) is 8.59. The van der Waals surface area contributed by atoms with Crippen molar-refractivity contribution in [1.82, 2.24) is 15.5 Å². The monoisotopic (exact) mass is 489 g/mol. The summed E-state index contributed by atoms with van der Waals surface area (Å²) in [5.74, 6) is 0.0743. The number of alkyl halides is 3. The van der Waals surface area contributed by atoms with Crippen LogP contribution < -0.4 is 15.4 Å². The van der Waals surface area contributed by atoms with Crippen molar-refractivity contribution in [2.24, 2.45) is 0 Å². The van der Waals surface area contributed by atoms with Crippen molar-refractivity contribution < 1.29 is 27.5 Å². The van der Waals surface area contributed by atoms with Crippen LogP contribution in [0.5, 0.6) is 5.75 Å². The number of halogens is 3. The molecule has 1 heterocycles. The average molecular weight is 490 g/mol. The fourth-order valence-electron chi connectivity index (χ4n) is 3.88. The third kappa shape index (κ3) is 8.13. The summed E-state index contributed by atoms with van der Waals surface area (Å²) >= 11 is 0. The Kier molecular flexibility index (Phi) is 8.92. The Balaban J connectivity index is 1.41. The van der Waals surface area contributed by atoms with Gasteiger partial charge in [0.15, 0.2) is 0 Å². The molecule has 2 aromatic carbocycles. The van der Waals surface area contributed by atoms with Crippen LogP contribution in [0.3, 0.4) is 0 Å². The van der Waals surface area contributed by atoms with Crippen LogP contribution >= 0.6 is 0 Å². The summed E-state index contributed by atoms with van der Waals surface area (Å²) in [5.41, 5.74) is 0.795. The molecule has 0 radical (unpaired) electrons. The minimum atomic E-state index is -4.36. The SMILES string of the molecule is COc1ccc(C=CC(=O)NC(C)C(=O)NC2CCN(Cc3cccc(C(F)(F)F)c3)CC2)cc1. The van der Waals surface area contributed by atoms with Gasteiger partial charge in [0.1, 0.15) is 11.8 Å². The number of nitrogens with one attached hydrogen (secondary N) is 2. The Bertz CT molecular complexity index is 1030. The molecule has 0 aromatic heterocycles. The lowest BCUT2D eigenvalue weighted by Crippen LogP contribution is -2.50. The van der Waals surface area contributed by atoms with Crippen molar-refractivity contribution in [2.45, 2.75) is 44.6 Å². The number of rotatable bonds is 8. The largest absolute Gasteiger partial charge is 0.497 e. The first kappa shape index (κ1) is 26.3. The zero-order chi connectivity index (χ0) is 25.4. The number of methoxy groups -OCH3 is 1. The van der Waals surface area contributed by atoms with Crippen molar-refractivity contribution >= 4 is 17.9 Å². The van der Waals surface area contributed by atoms with E-state index in [0.717, 1.165) is 17.4 Å². The molecule has 2 amide bonds. The molecule has 1 atom stereocenters. The molecule has 1 aliphatic rings. The van der Waals surface area contributed by atoms with E-state index in [-0.39, 0.29) is 17.9 Å². The summed E-state index contributed by atoms with van der Waals surface area (Å²) in [6.07, 6.45) is 0.0354. The number of hydrogen-bond acceptors (Lipinski definition) is 4. The fraction of sp³-hybridized carbons (Fsp3) is 0.385. The van der Waals surface area contributed by atoms with Gasteiger partial charge < -0.3 is 15.4 Å². The second kappa shape index (κ2) is 11.9. The molecule has 35 heavy (non-hydrogen) atoms. The van der Waals surface area contributed by atoms with Gasteiger partial charge in [-0.1, -0.05) is 30.3 Å². The lowest BCUT2D eigenvalue weighted by Gasteiger charge is -2.33. The Morgan fingerprint density at radius 1 is 1.14 bits per heavy atom. The third-order valence-corrected chi connectivity index (χ3v) is 5.89. The highest BCUT2D eigenvalue weighted by molar-refractivity contribution is 5.95. The summed E-state index contributed by atoms with van der Waals surface area (Å²) < 4.78 is 43.9. The van der Waals surface area contributed by atoms with E-state index in [9.17, 15) is 22.8 Å². The smallest absolute Gasteiger partial charge is 0.416 e. The molecule has 0 spiro atoms. The van der Waals surface area contributed by atoms with Crippen molar-refractivity contribution in [3.63, 3.8) is 0 Å². The van der Waals surface area contributed by atoms with Crippen molar-refractivity contribution in [2.75, 3.05) is 20.2 Å². The number of ether oxygens (including phenoxy) is 1. The standard InChI is InChI=1S/C26H30F3N3O3/c1-18(30-24(33)11-8-19-6-9-23(35-2)10-7-19)25(34)31-22-12-14-32(15-13-22)17-20-4-3-5-21(16-20)26(27,28)29/h3-11,16,18,22H,12-15,17H2,1-2H3,(H,30,33)(H,31,34). The van der Waals surface area contributed by atoms with Gasteiger partial charge in [-0.2, -0.15) is 13.2 Å². The van der Waals surface area contributed by atoms with Crippen molar-refractivity contribution in [1.29, 1.82) is 0 Å². The second-order valence-electron chi connectivity index (χ2n) is 8.59. The van der Waals surface area contributed by atoms with E-state index in [4.69, 9.17) is 4.74 Å². The molecule has 1 saturated heterocycles. The molecule has 188 valence electrons. The topological polar surface area (TPSA) is 70.7 Å². The molecule has 1 aliphatic heterocycles. The van der Waals surface area contributed by atoms with E-state index in [1.165, 1.54) is 18.2 Å². The van der Waals surface area contributed by atoms with Crippen LogP contribution in [0.4, 0.5) is 13.2 Å². The molecule has 3 rings (SSSR count).